The van der Waals surface area contributed by atoms with Crippen molar-refractivity contribution >= 4 is 51.9 Å². The van der Waals surface area contributed by atoms with Gasteiger partial charge in [-0.15, -0.1) is 11.3 Å². The van der Waals surface area contributed by atoms with Gasteiger partial charge in [-0.3, -0.25) is 14.4 Å². The topological polar surface area (TPSA) is 70.2 Å². The van der Waals surface area contributed by atoms with Gasteiger partial charge in [-0.1, -0.05) is 47.4 Å². The zero-order valence-corrected chi connectivity index (χ0v) is 15.7. The monoisotopic (exact) mass is 400 g/mol. The van der Waals surface area contributed by atoms with Gasteiger partial charge < -0.3 is 4.98 Å². The molecule has 1 aromatic carbocycles. The number of benzene rings is 1. The number of thiazole rings is 1. The highest BCUT2D eigenvalue weighted by molar-refractivity contribution is 8.00. The molecule has 2 aromatic heterocycles. The predicted octanol–water partition coefficient (Wildman–Crippen LogP) is 3.29. The van der Waals surface area contributed by atoms with Crippen LogP contribution in [0.1, 0.15) is 15.7 Å². The van der Waals surface area contributed by atoms with Gasteiger partial charge in [-0.05, 0) is 23.6 Å². The van der Waals surface area contributed by atoms with Crippen LogP contribution in [-0.4, -0.2) is 22.0 Å². The Morgan fingerprint density at radius 2 is 1.77 bits per heavy atom. The van der Waals surface area contributed by atoms with Crippen molar-refractivity contribution in [2.75, 3.05) is 4.90 Å². The molecule has 4 heterocycles. The van der Waals surface area contributed by atoms with Crippen molar-refractivity contribution in [3.8, 4) is 0 Å². The summed E-state index contributed by atoms with van der Waals surface area (Å²) in [4.78, 5) is 44.1. The summed E-state index contributed by atoms with van der Waals surface area (Å²) >= 11 is 4.00. The SMILES string of the molecule is O=C1C2Sc3[nH]c(=O)sc3C(c3cccs3)C2C(=O)N1c1ccccc1. The molecule has 1 fully saturated rings. The maximum absolute atomic E-state index is 13.3. The highest BCUT2D eigenvalue weighted by Crippen LogP contribution is 2.53. The van der Waals surface area contributed by atoms with Gasteiger partial charge in [0.1, 0.15) is 5.25 Å². The molecule has 26 heavy (non-hydrogen) atoms. The van der Waals surface area contributed by atoms with Crippen LogP contribution in [0, 0.1) is 5.92 Å². The van der Waals surface area contributed by atoms with Crippen LogP contribution in [0.15, 0.2) is 57.7 Å². The fraction of sp³-hybridized carbons (Fsp3) is 0.167. The third kappa shape index (κ3) is 2.26. The Hall–Kier alpha value is -2.16. The quantitative estimate of drug-likeness (QED) is 0.670. The molecule has 5 nitrogen and oxygen atoms in total. The lowest BCUT2D eigenvalue weighted by Gasteiger charge is -2.28. The average molecular weight is 401 g/mol. The molecule has 0 saturated carbocycles. The van der Waals surface area contributed by atoms with Gasteiger partial charge in [-0.2, -0.15) is 0 Å². The zero-order valence-electron chi connectivity index (χ0n) is 13.2. The van der Waals surface area contributed by atoms with Gasteiger partial charge in [0.05, 0.1) is 16.6 Å². The largest absolute Gasteiger partial charge is 0.307 e. The molecule has 2 aliphatic rings. The van der Waals surface area contributed by atoms with E-state index in [9.17, 15) is 14.4 Å². The number of aromatic amines is 1. The van der Waals surface area contributed by atoms with Crippen LogP contribution >= 0.6 is 34.4 Å². The molecule has 0 radical (unpaired) electrons. The number of thioether (sulfide) groups is 1. The van der Waals surface area contributed by atoms with Crippen LogP contribution < -0.4 is 9.77 Å². The highest BCUT2D eigenvalue weighted by Gasteiger charge is 2.56. The Morgan fingerprint density at radius 1 is 0.962 bits per heavy atom. The number of H-pyrrole nitrogens is 1. The molecule has 3 unspecified atom stereocenters. The smallest absolute Gasteiger partial charge is 0.305 e. The molecule has 1 saturated heterocycles. The lowest BCUT2D eigenvalue weighted by Crippen LogP contribution is -2.31. The number of carbonyl (C=O) groups excluding carboxylic acids is 2. The van der Waals surface area contributed by atoms with Crippen LogP contribution in [-0.2, 0) is 9.59 Å². The number of hydrogen-bond acceptors (Lipinski definition) is 6. The molecule has 8 heteroatoms. The van der Waals surface area contributed by atoms with Gasteiger partial charge in [0.25, 0.3) is 0 Å². The number of para-hydroxylation sites is 1. The second kappa shape index (κ2) is 5.94. The minimum absolute atomic E-state index is 0.149. The first-order valence-electron chi connectivity index (χ1n) is 8.01. The molecule has 130 valence electrons. The lowest BCUT2D eigenvalue weighted by molar-refractivity contribution is -0.122. The Balaban J connectivity index is 1.66. The number of imide groups is 1. The fourth-order valence-electron chi connectivity index (χ4n) is 3.62. The first-order chi connectivity index (χ1) is 12.6. The summed E-state index contributed by atoms with van der Waals surface area (Å²) in [5, 5.41) is 2.15. The highest BCUT2D eigenvalue weighted by atomic mass is 32.2. The number of thiophene rings is 1. The molecule has 3 aromatic rings. The third-order valence-corrected chi connectivity index (χ3v) is 8.04. The maximum atomic E-state index is 13.3. The van der Waals surface area contributed by atoms with Gasteiger partial charge in [-0.25, -0.2) is 4.90 Å². The van der Waals surface area contributed by atoms with Crippen molar-refractivity contribution in [2.45, 2.75) is 16.2 Å². The van der Waals surface area contributed by atoms with Crippen molar-refractivity contribution in [2.24, 2.45) is 5.92 Å². The van der Waals surface area contributed by atoms with Crippen molar-refractivity contribution in [1.29, 1.82) is 0 Å². The van der Waals surface area contributed by atoms with E-state index >= 15 is 0 Å². The summed E-state index contributed by atoms with van der Waals surface area (Å²) in [6, 6.07) is 12.9. The van der Waals surface area contributed by atoms with Gasteiger partial charge in [0.2, 0.25) is 11.8 Å². The van der Waals surface area contributed by atoms with E-state index in [4.69, 9.17) is 0 Å². The fourth-order valence-corrected chi connectivity index (χ4v) is 7.09. The molecule has 0 bridgehead atoms. The third-order valence-electron chi connectivity index (χ3n) is 4.69. The molecule has 2 amide bonds. The molecule has 5 rings (SSSR count). The zero-order chi connectivity index (χ0) is 17.8. The number of hydrogen-bond donors (Lipinski definition) is 1. The summed E-state index contributed by atoms with van der Waals surface area (Å²) in [5.74, 6) is -1.16. The lowest BCUT2D eigenvalue weighted by atomic mass is 9.87. The summed E-state index contributed by atoms with van der Waals surface area (Å²) in [6.07, 6.45) is 0. The number of fused-ring (bicyclic) bond motifs is 2. The van der Waals surface area contributed by atoms with Crippen molar-refractivity contribution in [3.63, 3.8) is 0 Å². The van der Waals surface area contributed by atoms with Crippen LogP contribution in [0.4, 0.5) is 5.69 Å². The maximum Gasteiger partial charge on any atom is 0.305 e. The molecule has 3 atom stereocenters. The number of aromatic nitrogens is 1. The van der Waals surface area contributed by atoms with Crippen LogP contribution in [0.25, 0.3) is 0 Å². The molecule has 0 aliphatic carbocycles. The summed E-state index contributed by atoms with van der Waals surface area (Å²) in [6.45, 7) is 0. The summed E-state index contributed by atoms with van der Waals surface area (Å²) < 4.78 is 0. The number of anilines is 1. The molecular formula is C18H12N2O3S3. The first-order valence-corrected chi connectivity index (χ1v) is 10.6. The van der Waals surface area contributed by atoms with E-state index in [1.54, 1.807) is 23.5 Å². The minimum Gasteiger partial charge on any atom is -0.307 e. The number of amides is 2. The Kier molecular flexibility index (Phi) is 3.66. The normalized spacial score (nSPS) is 24.6. The van der Waals surface area contributed by atoms with Crippen LogP contribution in [0.2, 0.25) is 0 Å². The number of rotatable bonds is 2. The Morgan fingerprint density at radius 3 is 2.50 bits per heavy atom. The standard InChI is InChI=1S/C18H12N2O3S3/c21-16-12-11(10-7-4-8-24-10)13-15(19-18(23)26-13)25-14(12)17(22)20(16)9-5-2-1-3-6-9/h1-8,11-12,14H,(H,19,23). The summed E-state index contributed by atoms with van der Waals surface area (Å²) in [5.41, 5.74) is 0.597. The molecule has 0 spiro atoms. The van der Waals surface area contributed by atoms with E-state index in [-0.39, 0.29) is 22.6 Å². The van der Waals surface area contributed by atoms with Crippen molar-refractivity contribution < 1.29 is 9.59 Å². The van der Waals surface area contributed by atoms with E-state index in [2.05, 4.69) is 4.98 Å². The van der Waals surface area contributed by atoms with Gasteiger partial charge in [0.15, 0.2) is 0 Å². The predicted molar refractivity (Wildman–Crippen MR) is 103 cm³/mol. The Labute approximate surface area is 160 Å². The van der Waals surface area contributed by atoms with E-state index < -0.39 is 11.2 Å². The molecular weight excluding hydrogens is 388 g/mol. The summed E-state index contributed by atoms with van der Waals surface area (Å²) in [7, 11) is 0. The number of nitrogens with zero attached hydrogens (tertiary/aromatic N) is 1. The van der Waals surface area contributed by atoms with E-state index in [0.717, 1.165) is 26.1 Å². The Bertz CT molecular complexity index is 1060. The van der Waals surface area contributed by atoms with Gasteiger partial charge >= 0.3 is 4.87 Å². The van der Waals surface area contributed by atoms with Crippen LogP contribution in [0.5, 0.6) is 0 Å². The van der Waals surface area contributed by atoms with Crippen LogP contribution in [0.3, 0.4) is 0 Å². The molecule has 1 N–H and O–H groups in total. The second-order valence-corrected chi connectivity index (χ2v) is 9.26. The number of carbonyl (C=O) groups is 2. The van der Waals surface area contributed by atoms with E-state index in [0.29, 0.717) is 5.69 Å². The second-order valence-electron chi connectivity index (χ2n) is 6.11. The number of nitrogens with one attached hydrogen (secondary N) is 1. The van der Waals surface area contributed by atoms with E-state index in [1.165, 1.54) is 16.7 Å². The van der Waals surface area contributed by atoms with Gasteiger partial charge in [0, 0.05) is 15.7 Å². The van der Waals surface area contributed by atoms with Crippen molar-refractivity contribution in [1.82, 2.24) is 4.98 Å². The van der Waals surface area contributed by atoms with Crippen molar-refractivity contribution in [3.05, 3.63) is 67.3 Å². The van der Waals surface area contributed by atoms with E-state index in [1.807, 2.05) is 35.7 Å². The minimum atomic E-state index is -0.521. The first kappa shape index (κ1) is 16.0. The molecule has 2 aliphatic heterocycles. The average Bonchev–Trinajstić information content (AvgIpc) is 3.34.